The van der Waals surface area contributed by atoms with Crippen LogP contribution in [-0.2, 0) is 0 Å². The summed E-state index contributed by atoms with van der Waals surface area (Å²) in [7, 11) is 2.00. The quantitative estimate of drug-likeness (QED) is 0.337. The maximum Gasteiger partial charge on any atom is 0.255 e. The summed E-state index contributed by atoms with van der Waals surface area (Å²) in [6.07, 6.45) is 1.98. The van der Waals surface area contributed by atoms with Crippen LogP contribution >= 0.6 is 11.3 Å². The van der Waals surface area contributed by atoms with Crippen LogP contribution in [0.5, 0.6) is 0 Å². The van der Waals surface area contributed by atoms with Gasteiger partial charge in [0.1, 0.15) is 22.0 Å². The second-order valence-corrected chi connectivity index (χ2v) is 11.1. The van der Waals surface area contributed by atoms with Crippen molar-refractivity contribution in [2.75, 3.05) is 50.0 Å². The van der Waals surface area contributed by atoms with Gasteiger partial charge in [0.15, 0.2) is 5.13 Å². The third-order valence-corrected chi connectivity index (χ3v) is 8.22. The van der Waals surface area contributed by atoms with Crippen molar-refractivity contribution in [3.63, 3.8) is 0 Å². The number of aromatic nitrogens is 3. The molecule has 0 bridgehead atoms. The van der Waals surface area contributed by atoms with Crippen molar-refractivity contribution in [2.45, 2.75) is 25.6 Å². The number of β-amino-alcohol motifs (C(OH)–C–C–N with tert-alkyl or cyclic N) is 1. The number of likely N-dealkylation sites (tertiary alicyclic amines) is 1. The number of carbonyl (C=O) groups is 1. The summed E-state index contributed by atoms with van der Waals surface area (Å²) in [6, 6.07) is 15.8. The number of pyridine rings is 2. The minimum absolute atomic E-state index is 0.0388. The van der Waals surface area contributed by atoms with E-state index in [2.05, 4.69) is 61.6 Å². The number of nitrogens with zero attached hydrogens (tertiary/aromatic N) is 6. The van der Waals surface area contributed by atoms with Gasteiger partial charge in [0.05, 0.1) is 12.3 Å². The standard InChI is InChI=1S/C28H32N8O2S/c1-18-3-5-20(6-4-18)34(2)24-8-7-22-26(33-24)39-28(31-22)32-23-15-19(9-11-30-23)27(38)36-14-12-29-16-25(36)35-13-10-21(37)17-35/h3-9,11,15,21,25,29,37H,10,12-14,16-17H2,1-2H3,(H,30,31,32). The predicted molar refractivity (Wildman–Crippen MR) is 154 cm³/mol. The Hall–Kier alpha value is -3.64. The van der Waals surface area contributed by atoms with Gasteiger partial charge in [-0.05, 0) is 49.7 Å². The van der Waals surface area contributed by atoms with E-state index in [0.717, 1.165) is 41.4 Å². The molecule has 5 heterocycles. The van der Waals surface area contributed by atoms with E-state index in [4.69, 9.17) is 4.98 Å². The summed E-state index contributed by atoms with van der Waals surface area (Å²) in [4.78, 5) is 34.5. The van der Waals surface area contributed by atoms with Gasteiger partial charge in [0, 0.05) is 57.2 Å². The average molecular weight is 545 g/mol. The number of aliphatic hydroxyl groups is 1. The van der Waals surface area contributed by atoms with Crippen molar-refractivity contribution >= 4 is 50.0 Å². The fourth-order valence-corrected chi connectivity index (χ4v) is 5.99. The molecule has 1 amide bonds. The minimum Gasteiger partial charge on any atom is -0.392 e. The largest absolute Gasteiger partial charge is 0.392 e. The first kappa shape index (κ1) is 25.6. The Morgan fingerprint density at radius 3 is 2.79 bits per heavy atom. The molecule has 0 saturated carbocycles. The van der Waals surface area contributed by atoms with Crippen LogP contribution in [0.25, 0.3) is 10.3 Å². The minimum atomic E-state index is -0.331. The van der Waals surface area contributed by atoms with Gasteiger partial charge < -0.3 is 25.5 Å². The van der Waals surface area contributed by atoms with E-state index in [1.165, 1.54) is 16.9 Å². The average Bonchev–Trinajstić information content (AvgIpc) is 3.57. The lowest BCUT2D eigenvalue weighted by Crippen LogP contribution is -2.60. The topological polar surface area (TPSA) is 110 Å². The molecule has 0 radical (unpaired) electrons. The second-order valence-electron chi connectivity index (χ2n) is 10.1. The van der Waals surface area contributed by atoms with E-state index in [1.807, 2.05) is 24.1 Å². The highest BCUT2D eigenvalue weighted by Gasteiger charge is 2.35. The number of aryl methyl sites for hydroxylation is 1. The van der Waals surface area contributed by atoms with E-state index >= 15 is 0 Å². The van der Waals surface area contributed by atoms with Crippen molar-refractivity contribution in [1.29, 1.82) is 0 Å². The van der Waals surface area contributed by atoms with Gasteiger partial charge in [0.25, 0.3) is 5.91 Å². The number of benzene rings is 1. The molecule has 3 aromatic heterocycles. The molecule has 39 heavy (non-hydrogen) atoms. The zero-order valence-corrected chi connectivity index (χ0v) is 22.9. The molecule has 2 aliphatic rings. The lowest BCUT2D eigenvalue weighted by Gasteiger charge is -2.41. The summed E-state index contributed by atoms with van der Waals surface area (Å²) in [5, 5.41) is 17.3. The molecular weight excluding hydrogens is 512 g/mol. The monoisotopic (exact) mass is 544 g/mol. The molecular formula is C28H32N8O2S. The molecule has 4 aromatic rings. The number of hydrogen-bond donors (Lipinski definition) is 3. The van der Waals surface area contributed by atoms with E-state index in [-0.39, 0.29) is 18.2 Å². The van der Waals surface area contributed by atoms with Crippen LogP contribution in [-0.4, -0.2) is 87.8 Å². The third kappa shape index (κ3) is 5.44. The molecule has 2 fully saturated rings. The maximum atomic E-state index is 13.6. The molecule has 202 valence electrons. The first-order chi connectivity index (χ1) is 18.9. The number of carbonyl (C=O) groups excluding carboxylic acids is 1. The lowest BCUT2D eigenvalue weighted by molar-refractivity contribution is 0.0244. The number of rotatable bonds is 6. The molecule has 2 atom stereocenters. The van der Waals surface area contributed by atoms with Crippen LogP contribution in [0.4, 0.5) is 22.5 Å². The van der Waals surface area contributed by atoms with Gasteiger partial charge in [0.2, 0.25) is 0 Å². The zero-order chi connectivity index (χ0) is 26.9. The Kier molecular flexibility index (Phi) is 7.13. The number of thiazole rings is 1. The summed E-state index contributed by atoms with van der Waals surface area (Å²) in [6.45, 7) is 5.50. The third-order valence-electron chi connectivity index (χ3n) is 7.34. The Bertz CT molecular complexity index is 1480. The van der Waals surface area contributed by atoms with Crippen molar-refractivity contribution in [3.05, 3.63) is 65.9 Å². The summed E-state index contributed by atoms with van der Waals surface area (Å²) < 4.78 is 0. The van der Waals surface area contributed by atoms with E-state index < -0.39 is 0 Å². The van der Waals surface area contributed by atoms with Gasteiger partial charge in [-0.25, -0.2) is 15.0 Å². The van der Waals surface area contributed by atoms with Crippen molar-refractivity contribution in [3.8, 4) is 0 Å². The number of amides is 1. The zero-order valence-electron chi connectivity index (χ0n) is 22.0. The first-order valence-corrected chi connectivity index (χ1v) is 14.0. The Balaban J connectivity index is 1.18. The SMILES string of the molecule is Cc1ccc(N(C)c2ccc3nc(Nc4cc(C(=O)N5CCNCC5N5CCC(O)C5)ccn4)sc3n2)cc1. The molecule has 0 spiro atoms. The summed E-state index contributed by atoms with van der Waals surface area (Å²) in [5.41, 5.74) is 3.65. The molecule has 2 unspecified atom stereocenters. The molecule has 2 saturated heterocycles. The number of fused-ring (bicyclic) bond motifs is 1. The second kappa shape index (κ2) is 10.9. The van der Waals surface area contributed by atoms with Crippen LogP contribution in [0.3, 0.4) is 0 Å². The Morgan fingerprint density at radius 1 is 1.15 bits per heavy atom. The highest BCUT2D eigenvalue weighted by Crippen LogP contribution is 2.30. The molecule has 1 aromatic carbocycles. The van der Waals surface area contributed by atoms with Gasteiger partial charge in [-0.1, -0.05) is 29.0 Å². The molecule has 2 aliphatic heterocycles. The number of piperazine rings is 1. The highest BCUT2D eigenvalue weighted by atomic mass is 32.1. The van der Waals surface area contributed by atoms with Crippen LogP contribution in [0.15, 0.2) is 54.7 Å². The van der Waals surface area contributed by atoms with Gasteiger partial charge in [-0.2, -0.15) is 0 Å². The van der Waals surface area contributed by atoms with Crippen molar-refractivity contribution in [2.24, 2.45) is 0 Å². The van der Waals surface area contributed by atoms with E-state index in [1.54, 1.807) is 18.3 Å². The summed E-state index contributed by atoms with van der Waals surface area (Å²) in [5.74, 6) is 1.35. The van der Waals surface area contributed by atoms with Crippen molar-refractivity contribution < 1.29 is 9.90 Å². The number of aliphatic hydroxyl groups excluding tert-OH is 1. The maximum absolute atomic E-state index is 13.6. The molecule has 6 rings (SSSR count). The van der Waals surface area contributed by atoms with E-state index in [0.29, 0.717) is 36.1 Å². The van der Waals surface area contributed by atoms with E-state index in [9.17, 15) is 9.90 Å². The number of anilines is 4. The first-order valence-electron chi connectivity index (χ1n) is 13.2. The van der Waals surface area contributed by atoms with Gasteiger partial charge >= 0.3 is 0 Å². The molecule has 11 heteroatoms. The highest BCUT2D eigenvalue weighted by molar-refractivity contribution is 7.21. The predicted octanol–water partition coefficient (Wildman–Crippen LogP) is 3.34. The molecule has 10 nitrogen and oxygen atoms in total. The van der Waals surface area contributed by atoms with Crippen LogP contribution in [0, 0.1) is 6.92 Å². The number of nitrogens with one attached hydrogen (secondary N) is 2. The molecule has 0 aliphatic carbocycles. The van der Waals surface area contributed by atoms with Crippen LogP contribution in [0.2, 0.25) is 0 Å². The van der Waals surface area contributed by atoms with Crippen molar-refractivity contribution in [1.82, 2.24) is 30.1 Å². The normalized spacial score (nSPS) is 19.9. The Labute approximate surface area is 231 Å². The van der Waals surface area contributed by atoms with Gasteiger partial charge in [-0.15, -0.1) is 0 Å². The van der Waals surface area contributed by atoms with Crippen LogP contribution in [0.1, 0.15) is 22.3 Å². The lowest BCUT2D eigenvalue weighted by atomic mass is 10.2. The van der Waals surface area contributed by atoms with Crippen LogP contribution < -0.4 is 15.5 Å². The van der Waals surface area contributed by atoms with Gasteiger partial charge in [-0.3, -0.25) is 9.69 Å². The smallest absolute Gasteiger partial charge is 0.255 e. The number of hydrogen-bond acceptors (Lipinski definition) is 10. The molecule has 3 N–H and O–H groups in total. The Morgan fingerprint density at radius 2 is 2.00 bits per heavy atom. The summed E-state index contributed by atoms with van der Waals surface area (Å²) >= 11 is 1.45. The fraction of sp³-hybridized carbons (Fsp3) is 0.357. The fourth-order valence-electron chi connectivity index (χ4n) is 5.15.